The third-order valence-corrected chi connectivity index (χ3v) is 6.57. The molecule has 0 atom stereocenters. The Morgan fingerprint density at radius 2 is 1.79 bits per heavy atom. The number of Topliss-reactive ketones (excluding diaryl/α,β-unsaturated/α-hetero) is 1. The van der Waals surface area contributed by atoms with E-state index in [-0.39, 0.29) is 18.3 Å². The van der Waals surface area contributed by atoms with Gasteiger partial charge in [-0.15, -0.1) is 0 Å². The molecular formula is C31H36N2O5. The molecular weight excluding hydrogens is 480 g/mol. The number of methoxy groups -OCH3 is 1. The summed E-state index contributed by atoms with van der Waals surface area (Å²) in [5.74, 6) is 1.68. The summed E-state index contributed by atoms with van der Waals surface area (Å²) in [5, 5.41) is 3.46. The average molecular weight is 517 g/mol. The van der Waals surface area contributed by atoms with Crippen molar-refractivity contribution in [2.45, 2.75) is 46.1 Å². The second-order valence-corrected chi connectivity index (χ2v) is 9.37. The third kappa shape index (κ3) is 7.19. The Balaban J connectivity index is 1.64. The lowest BCUT2D eigenvalue weighted by molar-refractivity contribution is -0.142. The van der Waals surface area contributed by atoms with E-state index in [1.54, 1.807) is 14.0 Å². The van der Waals surface area contributed by atoms with Gasteiger partial charge in [0.15, 0.2) is 0 Å². The Hall–Kier alpha value is -3.71. The molecule has 7 heteroatoms. The van der Waals surface area contributed by atoms with Crippen LogP contribution in [0.1, 0.15) is 44.2 Å². The van der Waals surface area contributed by atoms with Crippen LogP contribution in [0.5, 0.6) is 11.6 Å². The average Bonchev–Trinajstić information content (AvgIpc) is 3.78. The maximum absolute atomic E-state index is 12.2. The molecule has 0 aliphatic heterocycles. The highest BCUT2D eigenvalue weighted by atomic mass is 16.5. The molecule has 2 aromatic carbocycles. The van der Waals surface area contributed by atoms with Crippen molar-refractivity contribution in [1.82, 2.24) is 10.3 Å². The van der Waals surface area contributed by atoms with Crippen molar-refractivity contribution in [3.63, 3.8) is 0 Å². The van der Waals surface area contributed by atoms with Gasteiger partial charge in [0.25, 0.3) is 0 Å². The molecule has 1 aromatic heterocycles. The molecule has 4 rings (SSSR count). The molecule has 38 heavy (non-hydrogen) atoms. The van der Waals surface area contributed by atoms with Crippen LogP contribution in [0.4, 0.5) is 0 Å². The van der Waals surface area contributed by atoms with E-state index in [1.807, 2.05) is 43.5 Å². The summed E-state index contributed by atoms with van der Waals surface area (Å²) in [6.07, 6.45) is 4.61. The largest absolute Gasteiger partial charge is 0.496 e. The van der Waals surface area contributed by atoms with E-state index in [9.17, 15) is 9.59 Å². The van der Waals surface area contributed by atoms with Gasteiger partial charge in [0, 0.05) is 48.8 Å². The minimum Gasteiger partial charge on any atom is -0.496 e. The molecule has 0 unspecified atom stereocenters. The van der Waals surface area contributed by atoms with Gasteiger partial charge in [0.05, 0.1) is 26.7 Å². The van der Waals surface area contributed by atoms with Gasteiger partial charge in [-0.05, 0) is 73.2 Å². The fraction of sp³-hybridized carbons (Fsp3) is 0.387. The molecule has 200 valence electrons. The minimum absolute atomic E-state index is 0.192. The zero-order valence-electron chi connectivity index (χ0n) is 22.4. The number of pyridine rings is 1. The van der Waals surface area contributed by atoms with Gasteiger partial charge < -0.3 is 19.5 Å². The lowest BCUT2D eigenvalue weighted by atomic mass is 9.93. The SMILES string of the molecule is CCOC(=O)Cc1ccc(OC)c(-c2ccc(-c3ccc(OCC)nc3)cc2CNCCC(=O)C2CC2)c1. The van der Waals surface area contributed by atoms with Gasteiger partial charge in [0.1, 0.15) is 11.5 Å². The van der Waals surface area contributed by atoms with Gasteiger partial charge in [0.2, 0.25) is 5.88 Å². The predicted molar refractivity (Wildman–Crippen MR) is 147 cm³/mol. The van der Waals surface area contributed by atoms with Crippen LogP contribution < -0.4 is 14.8 Å². The zero-order chi connectivity index (χ0) is 26.9. The molecule has 1 N–H and O–H groups in total. The zero-order valence-corrected chi connectivity index (χ0v) is 22.4. The number of benzene rings is 2. The molecule has 0 radical (unpaired) electrons. The van der Waals surface area contributed by atoms with Crippen LogP contribution in [-0.2, 0) is 27.3 Å². The number of nitrogens with zero attached hydrogens (tertiary/aromatic N) is 1. The highest BCUT2D eigenvalue weighted by Crippen LogP contribution is 2.36. The van der Waals surface area contributed by atoms with Crippen molar-refractivity contribution < 1.29 is 23.8 Å². The Bertz CT molecular complexity index is 1250. The number of rotatable bonds is 14. The topological polar surface area (TPSA) is 86.8 Å². The van der Waals surface area contributed by atoms with Crippen LogP contribution in [0.3, 0.4) is 0 Å². The van der Waals surface area contributed by atoms with Gasteiger partial charge in [-0.2, -0.15) is 0 Å². The first kappa shape index (κ1) is 27.3. The Morgan fingerprint density at radius 1 is 0.974 bits per heavy atom. The minimum atomic E-state index is -0.260. The number of esters is 1. The Labute approximate surface area is 224 Å². The Morgan fingerprint density at radius 3 is 2.47 bits per heavy atom. The summed E-state index contributed by atoms with van der Waals surface area (Å²) in [6, 6.07) is 15.9. The van der Waals surface area contributed by atoms with Crippen LogP contribution in [-0.4, -0.2) is 43.6 Å². The van der Waals surface area contributed by atoms with Crippen molar-refractivity contribution >= 4 is 11.8 Å². The lowest BCUT2D eigenvalue weighted by Gasteiger charge is -2.17. The standard InChI is InChI=1S/C31H36N2O5/c1-4-37-30-13-10-24(20-33-30)23-9-11-26(25(18-23)19-32-15-14-28(34)22-7-8-22)27-16-21(6-12-29(27)36-3)17-31(35)38-5-2/h6,9-13,16,18,20,22,32H,4-5,7-8,14-15,17,19H2,1-3H3. The van der Waals surface area contributed by atoms with Crippen molar-refractivity contribution in [1.29, 1.82) is 0 Å². The molecule has 1 saturated carbocycles. The number of hydrogen-bond donors (Lipinski definition) is 1. The van der Waals surface area contributed by atoms with Crippen LogP contribution in [0, 0.1) is 5.92 Å². The first-order chi connectivity index (χ1) is 18.5. The molecule has 0 spiro atoms. The van der Waals surface area contributed by atoms with Crippen molar-refractivity contribution in [3.8, 4) is 33.9 Å². The van der Waals surface area contributed by atoms with Gasteiger partial charge in [-0.25, -0.2) is 4.98 Å². The third-order valence-electron chi connectivity index (χ3n) is 6.57. The monoisotopic (exact) mass is 516 g/mol. The molecule has 0 saturated heterocycles. The van der Waals surface area contributed by atoms with Crippen molar-refractivity contribution in [3.05, 3.63) is 65.9 Å². The van der Waals surface area contributed by atoms with Crippen LogP contribution >= 0.6 is 0 Å². The van der Waals surface area contributed by atoms with Crippen molar-refractivity contribution in [2.75, 3.05) is 26.9 Å². The summed E-state index contributed by atoms with van der Waals surface area (Å²) >= 11 is 0. The van der Waals surface area contributed by atoms with E-state index in [0.29, 0.717) is 44.4 Å². The van der Waals surface area contributed by atoms with E-state index >= 15 is 0 Å². The molecule has 1 heterocycles. The summed E-state index contributed by atoms with van der Waals surface area (Å²) in [7, 11) is 1.64. The summed E-state index contributed by atoms with van der Waals surface area (Å²) in [6.45, 7) is 5.86. The molecule has 1 aliphatic rings. The van der Waals surface area contributed by atoms with E-state index < -0.39 is 0 Å². The van der Waals surface area contributed by atoms with E-state index in [2.05, 4.69) is 28.5 Å². The second-order valence-electron chi connectivity index (χ2n) is 9.37. The number of carbonyl (C=O) groups excluding carboxylic acids is 2. The smallest absolute Gasteiger partial charge is 0.310 e. The predicted octanol–water partition coefficient (Wildman–Crippen LogP) is 5.39. The highest BCUT2D eigenvalue weighted by molar-refractivity contribution is 5.83. The maximum Gasteiger partial charge on any atom is 0.310 e. The number of nitrogens with one attached hydrogen (secondary N) is 1. The number of aromatic nitrogens is 1. The normalized spacial score (nSPS) is 12.7. The lowest BCUT2D eigenvalue weighted by Crippen LogP contribution is -2.19. The van der Waals surface area contributed by atoms with Gasteiger partial charge >= 0.3 is 5.97 Å². The number of ether oxygens (including phenoxy) is 3. The molecule has 0 amide bonds. The number of ketones is 1. The van der Waals surface area contributed by atoms with E-state index in [4.69, 9.17) is 14.2 Å². The summed E-state index contributed by atoms with van der Waals surface area (Å²) < 4.78 is 16.3. The quantitative estimate of drug-likeness (QED) is 0.227. The first-order valence-electron chi connectivity index (χ1n) is 13.3. The first-order valence-corrected chi connectivity index (χ1v) is 13.3. The second kappa shape index (κ2) is 13.2. The molecule has 7 nitrogen and oxygen atoms in total. The van der Waals surface area contributed by atoms with Crippen LogP contribution in [0.15, 0.2) is 54.7 Å². The molecule has 0 bridgehead atoms. The van der Waals surface area contributed by atoms with E-state index in [1.165, 1.54) is 0 Å². The van der Waals surface area contributed by atoms with E-state index in [0.717, 1.165) is 52.0 Å². The van der Waals surface area contributed by atoms with Crippen molar-refractivity contribution in [2.24, 2.45) is 5.92 Å². The maximum atomic E-state index is 12.2. The van der Waals surface area contributed by atoms with Crippen LogP contribution in [0.25, 0.3) is 22.3 Å². The molecule has 1 aliphatic carbocycles. The molecule has 1 fully saturated rings. The van der Waals surface area contributed by atoms with Crippen LogP contribution in [0.2, 0.25) is 0 Å². The fourth-order valence-electron chi connectivity index (χ4n) is 4.46. The number of carbonyl (C=O) groups is 2. The van der Waals surface area contributed by atoms with Gasteiger partial charge in [-0.3, -0.25) is 9.59 Å². The van der Waals surface area contributed by atoms with Gasteiger partial charge in [-0.1, -0.05) is 18.2 Å². The highest BCUT2D eigenvalue weighted by Gasteiger charge is 2.28. The summed E-state index contributed by atoms with van der Waals surface area (Å²) in [5.41, 5.74) is 5.81. The fourth-order valence-corrected chi connectivity index (χ4v) is 4.46. The Kier molecular flexibility index (Phi) is 9.49. The number of hydrogen-bond acceptors (Lipinski definition) is 7. The molecule has 3 aromatic rings. The summed E-state index contributed by atoms with van der Waals surface area (Å²) in [4.78, 5) is 28.7.